The fraction of sp³-hybridized carbons (Fsp3) is 0.250. The molecule has 1 heterocycles. The Morgan fingerprint density at radius 2 is 1.88 bits per heavy atom. The molecule has 1 aromatic carbocycles. The summed E-state index contributed by atoms with van der Waals surface area (Å²) in [5.41, 5.74) is 0. The number of hydrogen-bond acceptors (Lipinski definition) is 2. The quantitative estimate of drug-likeness (QED) is 0.886. The molecule has 0 aliphatic carbocycles. The lowest BCUT2D eigenvalue weighted by Crippen LogP contribution is -2.15. The van der Waals surface area contributed by atoms with E-state index in [9.17, 15) is 13.2 Å². The Kier molecular flexibility index (Phi) is 3.17. The second kappa shape index (κ2) is 4.61. The molecule has 0 saturated carbocycles. The summed E-state index contributed by atoms with van der Waals surface area (Å²) in [5, 5.41) is 4.50. The third-order valence-electron chi connectivity index (χ3n) is 2.37. The van der Waals surface area contributed by atoms with E-state index < -0.39 is 12.6 Å². The number of hydrogen-bond donors (Lipinski definition) is 1. The Bertz CT molecular complexity index is 503. The summed E-state index contributed by atoms with van der Waals surface area (Å²) < 4.78 is 36.0. The summed E-state index contributed by atoms with van der Waals surface area (Å²) in [6.45, 7) is -0.162. The van der Waals surface area contributed by atoms with Gasteiger partial charge < -0.3 is 5.32 Å². The molecule has 17 heavy (non-hydrogen) atoms. The van der Waals surface area contributed by atoms with E-state index in [0.29, 0.717) is 5.82 Å². The van der Waals surface area contributed by atoms with Gasteiger partial charge in [-0.15, -0.1) is 0 Å². The van der Waals surface area contributed by atoms with Crippen molar-refractivity contribution in [3.63, 3.8) is 0 Å². The molecule has 0 amide bonds. The number of nitrogens with one attached hydrogen (secondary N) is 1. The summed E-state index contributed by atoms with van der Waals surface area (Å²) in [4.78, 5) is 4.05. The maximum absolute atomic E-state index is 12.0. The molecule has 0 fully saturated rings. The highest BCUT2D eigenvalue weighted by Crippen LogP contribution is 2.22. The van der Waals surface area contributed by atoms with E-state index in [1.165, 1.54) is 0 Å². The minimum absolute atomic E-state index is 0.162. The first-order chi connectivity index (χ1) is 8.06. The van der Waals surface area contributed by atoms with Gasteiger partial charge in [0.15, 0.2) is 0 Å². The van der Waals surface area contributed by atoms with E-state index in [0.717, 1.165) is 10.8 Å². The normalized spacial score (nSPS) is 11.7. The molecule has 2 nitrogen and oxygen atoms in total. The predicted octanol–water partition coefficient (Wildman–Crippen LogP) is 3.60. The van der Waals surface area contributed by atoms with Gasteiger partial charge in [-0.2, -0.15) is 13.2 Å². The molecule has 0 aliphatic rings. The predicted molar refractivity (Wildman–Crippen MR) is 60.9 cm³/mol. The van der Waals surface area contributed by atoms with E-state index in [1.807, 2.05) is 30.3 Å². The minimum atomic E-state index is -4.14. The molecular formula is C12H11F3N2. The summed E-state index contributed by atoms with van der Waals surface area (Å²) in [7, 11) is 0. The van der Waals surface area contributed by atoms with Crippen LogP contribution < -0.4 is 5.32 Å². The van der Waals surface area contributed by atoms with Crippen LogP contribution in [0.3, 0.4) is 0 Å². The van der Waals surface area contributed by atoms with Crippen molar-refractivity contribution < 1.29 is 13.2 Å². The number of aromatic nitrogens is 1. The second-order valence-corrected chi connectivity index (χ2v) is 3.67. The molecule has 1 aromatic heterocycles. The fourth-order valence-electron chi connectivity index (χ4n) is 1.58. The molecule has 0 radical (unpaired) electrons. The number of pyridine rings is 1. The first kappa shape index (κ1) is 11.7. The smallest absolute Gasteiger partial charge is 0.369 e. The molecule has 0 aliphatic heterocycles. The zero-order valence-electron chi connectivity index (χ0n) is 8.96. The van der Waals surface area contributed by atoms with Crippen molar-refractivity contribution >= 4 is 16.6 Å². The molecule has 0 saturated heterocycles. The van der Waals surface area contributed by atoms with Gasteiger partial charge in [-0.05, 0) is 11.5 Å². The third-order valence-corrected chi connectivity index (χ3v) is 2.37. The lowest BCUT2D eigenvalue weighted by molar-refractivity contribution is -0.131. The highest BCUT2D eigenvalue weighted by molar-refractivity contribution is 5.91. The molecule has 5 heteroatoms. The first-order valence-corrected chi connectivity index (χ1v) is 5.21. The Morgan fingerprint density at radius 3 is 2.65 bits per heavy atom. The van der Waals surface area contributed by atoms with Crippen LogP contribution in [0.1, 0.15) is 6.42 Å². The molecule has 0 atom stereocenters. The first-order valence-electron chi connectivity index (χ1n) is 5.21. The number of benzene rings is 1. The van der Waals surface area contributed by atoms with Crippen molar-refractivity contribution in [1.82, 2.24) is 4.98 Å². The van der Waals surface area contributed by atoms with Crippen molar-refractivity contribution in [2.45, 2.75) is 12.6 Å². The largest absolute Gasteiger partial charge is 0.390 e. The van der Waals surface area contributed by atoms with E-state index >= 15 is 0 Å². The summed E-state index contributed by atoms with van der Waals surface area (Å²) >= 11 is 0. The van der Waals surface area contributed by atoms with Gasteiger partial charge in [-0.25, -0.2) is 4.98 Å². The lowest BCUT2D eigenvalue weighted by atomic mass is 10.1. The van der Waals surface area contributed by atoms with Crippen LogP contribution in [0.2, 0.25) is 0 Å². The molecule has 0 spiro atoms. The Balaban J connectivity index is 2.13. The van der Waals surface area contributed by atoms with Crippen LogP contribution in [0.4, 0.5) is 19.0 Å². The summed E-state index contributed by atoms with van der Waals surface area (Å²) in [6, 6.07) is 9.26. The zero-order chi connectivity index (χ0) is 12.3. The minimum Gasteiger partial charge on any atom is -0.369 e. The number of alkyl halides is 3. The maximum Gasteiger partial charge on any atom is 0.390 e. The van der Waals surface area contributed by atoms with Gasteiger partial charge >= 0.3 is 6.18 Å². The second-order valence-electron chi connectivity index (χ2n) is 3.67. The Labute approximate surface area is 96.5 Å². The van der Waals surface area contributed by atoms with Crippen LogP contribution in [0.5, 0.6) is 0 Å². The number of halogens is 3. The van der Waals surface area contributed by atoms with E-state index in [4.69, 9.17) is 0 Å². The van der Waals surface area contributed by atoms with Gasteiger partial charge in [0.2, 0.25) is 0 Å². The molecule has 2 aromatic rings. The van der Waals surface area contributed by atoms with Crippen LogP contribution in [-0.4, -0.2) is 17.7 Å². The van der Waals surface area contributed by atoms with Gasteiger partial charge in [0.1, 0.15) is 5.82 Å². The van der Waals surface area contributed by atoms with Crippen LogP contribution >= 0.6 is 0 Å². The van der Waals surface area contributed by atoms with Gasteiger partial charge in [0.05, 0.1) is 6.42 Å². The average Bonchev–Trinajstić information content (AvgIpc) is 2.28. The number of nitrogens with zero attached hydrogens (tertiary/aromatic N) is 1. The van der Waals surface area contributed by atoms with Gasteiger partial charge in [0.25, 0.3) is 0 Å². The van der Waals surface area contributed by atoms with Gasteiger partial charge in [-0.3, -0.25) is 0 Å². The Hall–Kier alpha value is -1.78. The zero-order valence-corrected chi connectivity index (χ0v) is 8.96. The van der Waals surface area contributed by atoms with Crippen LogP contribution in [-0.2, 0) is 0 Å². The fourth-order valence-corrected chi connectivity index (χ4v) is 1.58. The monoisotopic (exact) mass is 240 g/mol. The highest BCUT2D eigenvalue weighted by Gasteiger charge is 2.26. The van der Waals surface area contributed by atoms with Crippen molar-refractivity contribution in [1.29, 1.82) is 0 Å². The van der Waals surface area contributed by atoms with E-state index in [-0.39, 0.29) is 6.54 Å². The third kappa shape index (κ3) is 3.09. The number of rotatable bonds is 3. The molecule has 2 rings (SSSR count). The molecule has 0 bridgehead atoms. The highest BCUT2D eigenvalue weighted by atomic mass is 19.4. The molecular weight excluding hydrogens is 229 g/mol. The SMILES string of the molecule is FC(F)(F)CCNc1nccc2ccccc12. The van der Waals surface area contributed by atoms with Crippen molar-refractivity contribution in [3.05, 3.63) is 36.5 Å². The van der Waals surface area contributed by atoms with Gasteiger partial charge in [-0.1, -0.05) is 24.3 Å². The molecule has 0 unspecified atom stereocenters. The average molecular weight is 240 g/mol. The summed E-state index contributed by atoms with van der Waals surface area (Å²) in [6.07, 6.45) is -3.42. The van der Waals surface area contributed by atoms with Crippen LogP contribution in [0.25, 0.3) is 10.8 Å². The van der Waals surface area contributed by atoms with Crippen LogP contribution in [0, 0.1) is 0 Å². The number of anilines is 1. The molecule has 1 N–H and O–H groups in total. The number of fused-ring (bicyclic) bond motifs is 1. The Morgan fingerprint density at radius 1 is 1.12 bits per heavy atom. The molecule has 90 valence electrons. The topological polar surface area (TPSA) is 24.9 Å². The lowest BCUT2D eigenvalue weighted by Gasteiger charge is -2.10. The van der Waals surface area contributed by atoms with E-state index in [2.05, 4.69) is 10.3 Å². The summed E-state index contributed by atoms with van der Waals surface area (Å²) in [5.74, 6) is 0.493. The van der Waals surface area contributed by atoms with Crippen LogP contribution in [0.15, 0.2) is 36.5 Å². The standard InChI is InChI=1S/C12H11F3N2/c13-12(14,15)6-8-17-11-10-4-2-1-3-9(10)5-7-16-11/h1-5,7H,6,8H2,(H,16,17). The van der Waals surface area contributed by atoms with Gasteiger partial charge in [0, 0.05) is 18.1 Å². The van der Waals surface area contributed by atoms with Crippen molar-refractivity contribution in [2.24, 2.45) is 0 Å². The van der Waals surface area contributed by atoms with Crippen molar-refractivity contribution in [2.75, 3.05) is 11.9 Å². The van der Waals surface area contributed by atoms with E-state index in [1.54, 1.807) is 6.20 Å². The van der Waals surface area contributed by atoms with Crippen molar-refractivity contribution in [3.8, 4) is 0 Å². The maximum atomic E-state index is 12.0.